The van der Waals surface area contributed by atoms with Crippen LogP contribution in [0.4, 0.5) is 0 Å². The Labute approximate surface area is 97.3 Å². The van der Waals surface area contributed by atoms with E-state index in [9.17, 15) is 13.2 Å². The number of H-pyrrole nitrogens is 1. The van der Waals surface area contributed by atoms with E-state index in [1.54, 1.807) is 0 Å². The number of sulfonamides is 1. The van der Waals surface area contributed by atoms with Crippen LogP contribution >= 0.6 is 0 Å². The molecule has 0 bridgehead atoms. The van der Waals surface area contributed by atoms with Gasteiger partial charge in [0.25, 0.3) is 10.0 Å². The minimum absolute atomic E-state index is 0.100. The molecular formula is C8H10N4O4S. The molecule has 0 aromatic carbocycles. The SMILES string of the molecule is CC(C#N)CNS(=O)(=O)c1[nH]ncc1C(=O)O. The van der Waals surface area contributed by atoms with E-state index in [0.29, 0.717) is 0 Å². The summed E-state index contributed by atoms with van der Waals surface area (Å²) in [7, 11) is -4.00. The molecule has 0 saturated carbocycles. The number of hydrogen-bond acceptors (Lipinski definition) is 5. The first-order valence-electron chi connectivity index (χ1n) is 4.54. The zero-order valence-electron chi connectivity index (χ0n) is 8.84. The van der Waals surface area contributed by atoms with Gasteiger partial charge in [0, 0.05) is 6.54 Å². The lowest BCUT2D eigenvalue weighted by molar-refractivity contribution is 0.0692. The quantitative estimate of drug-likeness (QED) is 0.654. The molecule has 9 heteroatoms. The fourth-order valence-electron chi connectivity index (χ4n) is 0.984. The van der Waals surface area contributed by atoms with E-state index in [1.807, 2.05) is 6.07 Å². The van der Waals surface area contributed by atoms with Crippen molar-refractivity contribution in [3.05, 3.63) is 11.8 Å². The molecule has 1 unspecified atom stereocenters. The number of rotatable bonds is 5. The van der Waals surface area contributed by atoms with Gasteiger partial charge in [0.05, 0.1) is 18.2 Å². The number of aromatic carboxylic acids is 1. The van der Waals surface area contributed by atoms with Crippen LogP contribution in [-0.2, 0) is 10.0 Å². The molecule has 0 aliphatic heterocycles. The molecule has 3 N–H and O–H groups in total. The molecule has 0 fully saturated rings. The van der Waals surface area contributed by atoms with Crippen molar-refractivity contribution in [2.75, 3.05) is 6.54 Å². The number of aromatic nitrogens is 2. The fourth-order valence-corrected chi connectivity index (χ4v) is 2.20. The number of carboxylic acid groups (broad SMARTS) is 1. The van der Waals surface area contributed by atoms with Crippen LogP contribution in [0, 0.1) is 17.2 Å². The molecule has 1 aromatic rings. The summed E-state index contributed by atoms with van der Waals surface area (Å²) in [6, 6.07) is 1.85. The van der Waals surface area contributed by atoms with Crippen molar-refractivity contribution in [3.8, 4) is 6.07 Å². The molecule has 0 spiro atoms. The van der Waals surface area contributed by atoms with Crippen LogP contribution in [0.5, 0.6) is 0 Å². The topological polar surface area (TPSA) is 136 Å². The maximum absolute atomic E-state index is 11.7. The predicted molar refractivity (Wildman–Crippen MR) is 55.5 cm³/mol. The third-order valence-corrected chi connectivity index (χ3v) is 3.30. The molecule has 0 aliphatic carbocycles. The van der Waals surface area contributed by atoms with E-state index in [1.165, 1.54) is 6.92 Å². The smallest absolute Gasteiger partial charge is 0.340 e. The highest BCUT2D eigenvalue weighted by Crippen LogP contribution is 2.11. The molecule has 1 atom stereocenters. The van der Waals surface area contributed by atoms with Crippen molar-refractivity contribution < 1.29 is 18.3 Å². The summed E-state index contributed by atoms with van der Waals surface area (Å²) in [6.07, 6.45) is 0.907. The number of aromatic amines is 1. The van der Waals surface area contributed by atoms with Gasteiger partial charge >= 0.3 is 5.97 Å². The van der Waals surface area contributed by atoms with Crippen molar-refractivity contribution in [1.29, 1.82) is 5.26 Å². The molecule has 17 heavy (non-hydrogen) atoms. The van der Waals surface area contributed by atoms with Gasteiger partial charge < -0.3 is 5.11 Å². The number of carbonyl (C=O) groups is 1. The number of nitriles is 1. The summed E-state index contributed by atoms with van der Waals surface area (Å²) in [5.41, 5.74) is -0.442. The van der Waals surface area contributed by atoms with Crippen LogP contribution in [0.3, 0.4) is 0 Å². The predicted octanol–water partition coefficient (Wildman–Crippen LogP) is -0.454. The van der Waals surface area contributed by atoms with Crippen LogP contribution in [0.15, 0.2) is 11.2 Å². The van der Waals surface area contributed by atoms with Crippen LogP contribution in [0.2, 0.25) is 0 Å². The maximum atomic E-state index is 11.7. The average Bonchev–Trinajstić information content (AvgIpc) is 2.75. The lowest BCUT2D eigenvalue weighted by atomic mass is 10.2. The second kappa shape index (κ2) is 4.94. The van der Waals surface area contributed by atoms with Gasteiger partial charge in [-0.05, 0) is 6.92 Å². The molecule has 92 valence electrons. The summed E-state index contributed by atoms with van der Waals surface area (Å²) in [5, 5.41) is 22.2. The summed E-state index contributed by atoms with van der Waals surface area (Å²) in [5.74, 6) is -1.91. The van der Waals surface area contributed by atoms with Crippen LogP contribution in [0.1, 0.15) is 17.3 Å². The number of nitrogens with one attached hydrogen (secondary N) is 2. The molecule has 0 radical (unpaired) electrons. The lowest BCUT2D eigenvalue weighted by Crippen LogP contribution is -2.29. The second-order valence-electron chi connectivity index (χ2n) is 3.30. The van der Waals surface area contributed by atoms with E-state index in [-0.39, 0.29) is 6.54 Å². The summed E-state index contributed by atoms with van der Waals surface area (Å²) < 4.78 is 25.5. The Kier molecular flexibility index (Phi) is 3.82. The van der Waals surface area contributed by atoms with Gasteiger partial charge in [0.1, 0.15) is 5.56 Å². The summed E-state index contributed by atoms with van der Waals surface area (Å²) in [4.78, 5) is 10.7. The Morgan fingerprint density at radius 2 is 2.41 bits per heavy atom. The maximum Gasteiger partial charge on any atom is 0.340 e. The van der Waals surface area contributed by atoms with E-state index in [0.717, 1.165) is 6.20 Å². The summed E-state index contributed by atoms with van der Waals surface area (Å²) >= 11 is 0. The van der Waals surface area contributed by atoms with Crippen molar-refractivity contribution in [2.45, 2.75) is 11.9 Å². The second-order valence-corrected chi connectivity index (χ2v) is 5.00. The van der Waals surface area contributed by atoms with Gasteiger partial charge in [0.2, 0.25) is 0 Å². The highest BCUT2D eigenvalue weighted by Gasteiger charge is 2.24. The van der Waals surface area contributed by atoms with Crippen molar-refractivity contribution >= 4 is 16.0 Å². The van der Waals surface area contributed by atoms with Crippen LogP contribution in [-0.4, -0.2) is 36.2 Å². The van der Waals surface area contributed by atoms with Crippen LogP contribution < -0.4 is 4.72 Å². The van der Waals surface area contributed by atoms with Gasteiger partial charge in [-0.25, -0.2) is 17.9 Å². The Morgan fingerprint density at radius 3 is 2.94 bits per heavy atom. The Bertz CT molecular complexity index is 556. The first kappa shape index (κ1) is 13.1. The van der Waals surface area contributed by atoms with Crippen molar-refractivity contribution in [3.63, 3.8) is 0 Å². The number of carboxylic acids is 1. The van der Waals surface area contributed by atoms with Crippen molar-refractivity contribution in [2.24, 2.45) is 5.92 Å². The van der Waals surface area contributed by atoms with Crippen molar-refractivity contribution in [1.82, 2.24) is 14.9 Å². The monoisotopic (exact) mass is 258 g/mol. The van der Waals surface area contributed by atoms with Gasteiger partial charge in [-0.3, -0.25) is 5.10 Å². The zero-order chi connectivity index (χ0) is 13.1. The molecule has 8 nitrogen and oxygen atoms in total. The van der Waals surface area contributed by atoms with Gasteiger partial charge in [-0.1, -0.05) is 0 Å². The molecule has 1 heterocycles. The normalized spacial score (nSPS) is 12.9. The van der Waals surface area contributed by atoms with Crippen LogP contribution in [0.25, 0.3) is 0 Å². The van der Waals surface area contributed by atoms with Gasteiger partial charge in [-0.2, -0.15) is 10.4 Å². The molecule has 1 aromatic heterocycles. The highest BCUT2D eigenvalue weighted by atomic mass is 32.2. The fraction of sp³-hybridized carbons (Fsp3) is 0.375. The Morgan fingerprint density at radius 1 is 1.76 bits per heavy atom. The molecular weight excluding hydrogens is 248 g/mol. The Hall–Kier alpha value is -1.92. The molecule has 0 amide bonds. The lowest BCUT2D eigenvalue weighted by Gasteiger charge is -2.06. The molecule has 0 aliphatic rings. The van der Waals surface area contributed by atoms with E-state index >= 15 is 0 Å². The van der Waals surface area contributed by atoms with Gasteiger partial charge in [-0.15, -0.1) is 0 Å². The molecule has 1 rings (SSSR count). The standard InChI is InChI=1S/C8H10N4O4S/c1-5(2-9)3-11-17(15,16)7-6(8(13)14)4-10-12-7/h4-5,11H,3H2,1H3,(H,10,12)(H,13,14). The van der Waals surface area contributed by atoms with E-state index in [2.05, 4.69) is 14.9 Å². The van der Waals surface area contributed by atoms with Gasteiger partial charge in [0.15, 0.2) is 5.03 Å². The van der Waals surface area contributed by atoms with E-state index in [4.69, 9.17) is 10.4 Å². The minimum Gasteiger partial charge on any atom is -0.478 e. The highest BCUT2D eigenvalue weighted by molar-refractivity contribution is 7.89. The third kappa shape index (κ3) is 3.02. The number of hydrogen-bond donors (Lipinski definition) is 3. The first-order chi connectivity index (χ1) is 7.88. The number of nitrogens with zero attached hydrogens (tertiary/aromatic N) is 2. The largest absolute Gasteiger partial charge is 0.478 e. The van der Waals surface area contributed by atoms with E-state index < -0.39 is 32.5 Å². The molecule has 0 saturated heterocycles. The summed E-state index contributed by atoms with van der Waals surface area (Å²) in [6.45, 7) is 1.44. The Balaban J connectivity index is 2.95. The first-order valence-corrected chi connectivity index (χ1v) is 6.02. The average molecular weight is 258 g/mol. The third-order valence-electron chi connectivity index (χ3n) is 1.90. The zero-order valence-corrected chi connectivity index (χ0v) is 9.65. The minimum atomic E-state index is -4.00.